The number of aromatic nitrogens is 5. The van der Waals surface area contributed by atoms with Gasteiger partial charge in [-0.1, -0.05) is 36.4 Å². The molecule has 6 nitrogen and oxygen atoms in total. The van der Waals surface area contributed by atoms with Crippen LogP contribution in [0.4, 0.5) is 0 Å². The lowest BCUT2D eigenvalue weighted by Crippen LogP contribution is -2.05. The van der Waals surface area contributed by atoms with Crippen LogP contribution in [0.15, 0.2) is 49.4 Å². The summed E-state index contributed by atoms with van der Waals surface area (Å²) in [5.41, 5.74) is 5.09. The molecule has 0 spiro atoms. The fourth-order valence-corrected chi connectivity index (χ4v) is 3.39. The number of hydrogen-bond donors (Lipinski definition) is 0. The van der Waals surface area contributed by atoms with Crippen LogP contribution in [-0.2, 0) is 0 Å². The summed E-state index contributed by atoms with van der Waals surface area (Å²) in [5.74, 6) is 0. The second-order valence-electron chi connectivity index (χ2n) is 6.63. The first-order valence-corrected chi connectivity index (χ1v) is 9.15. The van der Waals surface area contributed by atoms with E-state index in [0.29, 0.717) is 22.1 Å². The van der Waals surface area contributed by atoms with E-state index in [2.05, 4.69) is 46.1 Å². The van der Waals surface area contributed by atoms with Gasteiger partial charge in [-0.3, -0.25) is 0 Å². The number of nitriles is 1. The van der Waals surface area contributed by atoms with Gasteiger partial charge in [0.1, 0.15) is 11.8 Å². The number of fused-ring (bicyclic) bond motifs is 1. The van der Waals surface area contributed by atoms with E-state index < -0.39 is 0 Å². The summed E-state index contributed by atoms with van der Waals surface area (Å²) in [5, 5.41) is 14.6. The fraction of sp³-hybridized carbons (Fsp3) is 0.143. The lowest BCUT2D eigenvalue weighted by Gasteiger charge is -2.13. The number of halogens is 1. The molecule has 0 aliphatic heterocycles. The van der Waals surface area contributed by atoms with Gasteiger partial charge in [-0.2, -0.15) is 10.4 Å². The molecule has 0 atom stereocenters. The van der Waals surface area contributed by atoms with Crippen LogP contribution in [0.25, 0.3) is 34.4 Å². The van der Waals surface area contributed by atoms with Crippen LogP contribution in [0.2, 0.25) is 5.02 Å². The van der Waals surface area contributed by atoms with Gasteiger partial charge < -0.3 is 4.57 Å². The van der Waals surface area contributed by atoms with Crippen LogP contribution < -0.4 is 0 Å². The third kappa shape index (κ3) is 2.86. The van der Waals surface area contributed by atoms with Gasteiger partial charge in [0.05, 0.1) is 23.9 Å². The monoisotopic (exact) mass is 388 g/mol. The maximum absolute atomic E-state index is 9.31. The zero-order chi connectivity index (χ0) is 19.8. The Morgan fingerprint density at radius 3 is 2.71 bits per heavy atom. The summed E-state index contributed by atoms with van der Waals surface area (Å²) in [6.07, 6.45) is 5.04. The molecular weight excluding hydrogens is 372 g/mol. The van der Waals surface area contributed by atoms with E-state index in [1.165, 1.54) is 6.20 Å². The van der Waals surface area contributed by atoms with Crippen molar-refractivity contribution in [3.8, 4) is 28.7 Å². The molecule has 7 heteroatoms. The van der Waals surface area contributed by atoms with E-state index in [-0.39, 0.29) is 6.04 Å². The molecular formula is C21H17ClN6. The third-order valence-corrected chi connectivity index (χ3v) is 4.89. The van der Waals surface area contributed by atoms with Gasteiger partial charge >= 0.3 is 0 Å². The van der Waals surface area contributed by atoms with Crippen LogP contribution in [0.3, 0.4) is 0 Å². The van der Waals surface area contributed by atoms with Crippen LogP contribution in [0.1, 0.15) is 31.1 Å². The second kappa shape index (κ2) is 6.95. The lowest BCUT2D eigenvalue weighted by molar-refractivity contribution is 0.604. The summed E-state index contributed by atoms with van der Waals surface area (Å²) < 4.78 is 3.60. The standard InChI is InChI=1S/C21H17ClN6/c1-4-14-5-6-15(9-17(14)22)20-21(27(12-25-20)13(2)3)18-7-8-19-24-11-16(10-23)28(19)26-18/h4-9,11-13H,1H2,2-3H3. The SMILES string of the molecule is C=Cc1ccc(-c2ncn(C(C)C)c2-c2ccc3ncc(C#N)n3n2)cc1Cl. The topological polar surface area (TPSA) is 71.8 Å². The molecule has 4 rings (SSSR count). The molecule has 0 aliphatic carbocycles. The summed E-state index contributed by atoms with van der Waals surface area (Å²) in [6.45, 7) is 7.94. The Kier molecular flexibility index (Phi) is 4.46. The summed E-state index contributed by atoms with van der Waals surface area (Å²) in [4.78, 5) is 8.85. The van der Waals surface area contributed by atoms with Crippen LogP contribution in [0.5, 0.6) is 0 Å². The Hall–Kier alpha value is -3.43. The molecule has 0 bridgehead atoms. The van der Waals surface area contributed by atoms with Crippen molar-refractivity contribution in [3.05, 3.63) is 65.7 Å². The average molecular weight is 389 g/mol. The number of nitrogens with zero attached hydrogens (tertiary/aromatic N) is 6. The largest absolute Gasteiger partial charge is 0.326 e. The van der Waals surface area contributed by atoms with E-state index in [1.54, 1.807) is 16.9 Å². The molecule has 3 heterocycles. The van der Waals surface area contributed by atoms with Gasteiger partial charge in [-0.25, -0.2) is 14.5 Å². The summed E-state index contributed by atoms with van der Waals surface area (Å²) in [7, 11) is 0. The second-order valence-corrected chi connectivity index (χ2v) is 7.03. The maximum atomic E-state index is 9.31. The lowest BCUT2D eigenvalue weighted by atomic mass is 10.1. The highest BCUT2D eigenvalue weighted by molar-refractivity contribution is 6.32. The molecule has 0 saturated heterocycles. The molecule has 0 fully saturated rings. The number of rotatable bonds is 4. The number of hydrogen-bond acceptors (Lipinski definition) is 4. The fourth-order valence-electron chi connectivity index (χ4n) is 3.13. The Bertz CT molecular complexity index is 1240. The van der Waals surface area contributed by atoms with E-state index in [4.69, 9.17) is 11.6 Å². The zero-order valence-corrected chi connectivity index (χ0v) is 16.2. The molecule has 4 aromatic rings. The Balaban J connectivity index is 1.96. The number of benzene rings is 1. The van der Waals surface area contributed by atoms with Crippen LogP contribution in [0, 0.1) is 11.3 Å². The molecule has 138 valence electrons. The zero-order valence-electron chi connectivity index (χ0n) is 15.5. The molecule has 0 saturated carbocycles. The predicted octanol–water partition coefficient (Wildman–Crippen LogP) is 5.01. The van der Waals surface area contributed by atoms with Gasteiger partial charge in [0.15, 0.2) is 11.3 Å². The minimum absolute atomic E-state index is 0.176. The predicted molar refractivity (Wildman–Crippen MR) is 110 cm³/mol. The summed E-state index contributed by atoms with van der Waals surface area (Å²) in [6, 6.07) is 11.8. The molecule has 0 aliphatic rings. The van der Waals surface area contributed by atoms with Crippen LogP contribution >= 0.6 is 11.6 Å². The van der Waals surface area contributed by atoms with Crippen molar-refractivity contribution < 1.29 is 0 Å². The Morgan fingerprint density at radius 2 is 2.04 bits per heavy atom. The smallest absolute Gasteiger partial charge is 0.162 e. The minimum atomic E-state index is 0.176. The highest BCUT2D eigenvalue weighted by Gasteiger charge is 2.19. The molecule has 0 amide bonds. The summed E-state index contributed by atoms with van der Waals surface area (Å²) >= 11 is 6.38. The molecule has 0 radical (unpaired) electrons. The molecule has 0 N–H and O–H groups in total. The van der Waals surface area contributed by atoms with Crippen molar-refractivity contribution in [2.45, 2.75) is 19.9 Å². The highest BCUT2D eigenvalue weighted by Crippen LogP contribution is 2.34. The van der Waals surface area contributed by atoms with Crippen molar-refractivity contribution >= 4 is 23.3 Å². The third-order valence-electron chi connectivity index (χ3n) is 4.56. The highest BCUT2D eigenvalue weighted by atomic mass is 35.5. The number of imidazole rings is 2. The van der Waals surface area contributed by atoms with Gasteiger partial charge in [-0.15, -0.1) is 0 Å². The van der Waals surface area contributed by atoms with E-state index in [9.17, 15) is 5.26 Å². The first kappa shape index (κ1) is 18.0. The average Bonchev–Trinajstić information content (AvgIpc) is 3.31. The Morgan fingerprint density at radius 1 is 1.21 bits per heavy atom. The first-order chi connectivity index (χ1) is 13.5. The van der Waals surface area contributed by atoms with E-state index in [1.807, 2.05) is 30.3 Å². The van der Waals surface area contributed by atoms with Crippen molar-refractivity contribution in [2.24, 2.45) is 0 Å². The molecule has 1 aromatic carbocycles. The van der Waals surface area contributed by atoms with E-state index >= 15 is 0 Å². The quantitative estimate of drug-likeness (QED) is 0.492. The van der Waals surface area contributed by atoms with Gasteiger partial charge in [-0.05, 0) is 37.6 Å². The van der Waals surface area contributed by atoms with Gasteiger partial charge in [0.25, 0.3) is 0 Å². The van der Waals surface area contributed by atoms with Gasteiger partial charge in [0.2, 0.25) is 0 Å². The normalized spacial score (nSPS) is 11.1. The van der Waals surface area contributed by atoms with Crippen molar-refractivity contribution in [1.29, 1.82) is 5.26 Å². The molecule has 3 aromatic heterocycles. The molecule has 28 heavy (non-hydrogen) atoms. The first-order valence-electron chi connectivity index (χ1n) is 8.78. The Labute approximate surface area is 167 Å². The molecule has 0 unspecified atom stereocenters. The minimum Gasteiger partial charge on any atom is -0.326 e. The van der Waals surface area contributed by atoms with Crippen molar-refractivity contribution in [1.82, 2.24) is 24.1 Å². The van der Waals surface area contributed by atoms with Crippen molar-refractivity contribution in [3.63, 3.8) is 0 Å². The van der Waals surface area contributed by atoms with Crippen molar-refractivity contribution in [2.75, 3.05) is 0 Å². The van der Waals surface area contributed by atoms with Gasteiger partial charge in [0, 0.05) is 16.6 Å². The van der Waals surface area contributed by atoms with Crippen LogP contribution in [-0.4, -0.2) is 24.1 Å². The maximum Gasteiger partial charge on any atom is 0.162 e. The van der Waals surface area contributed by atoms with E-state index in [0.717, 1.165) is 22.5 Å².